The fraction of sp³-hybridized carbons (Fsp3) is 0.450. The SMILES string of the molecule is CCOC(=O)N1CCN(c2ccnc(Nc3c(C)cc(C)cc3C)n2)CC1. The third-order valence-electron chi connectivity index (χ3n) is 4.68. The summed E-state index contributed by atoms with van der Waals surface area (Å²) in [5.41, 5.74) is 4.63. The zero-order valence-corrected chi connectivity index (χ0v) is 16.5. The number of carbonyl (C=O) groups is 1. The van der Waals surface area contributed by atoms with Gasteiger partial charge in [-0.05, 0) is 44.9 Å². The summed E-state index contributed by atoms with van der Waals surface area (Å²) in [6.07, 6.45) is 1.52. The molecule has 1 aromatic heterocycles. The zero-order chi connectivity index (χ0) is 19.4. The lowest BCUT2D eigenvalue weighted by Crippen LogP contribution is -2.49. The summed E-state index contributed by atoms with van der Waals surface area (Å²) >= 11 is 0. The van der Waals surface area contributed by atoms with E-state index in [4.69, 9.17) is 4.74 Å². The number of nitrogens with zero attached hydrogens (tertiary/aromatic N) is 4. The molecule has 1 saturated heterocycles. The Labute approximate surface area is 160 Å². The van der Waals surface area contributed by atoms with Crippen LogP contribution >= 0.6 is 0 Å². The maximum Gasteiger partial charge on any atom is 0.409 e. The van der Waals surface area contributed by atoms with Crippen LogP contribution in [0.3, 0.4) is 0 Å². The third kappa shape index (κ3) is 4.48. The fourth-order valence-electron chi connectivity index (χ4n) is 3.41. The molecule has 0 radical (unpaired) electrons. The number of carbonyl (C=O) groups excluding carboxylic acids is 1. The van der Waals surface area contributed by atoms with Gasteiger partial charge in [0.05, 0.1) is 6.61 Å². The van der Waals surface area contributed by atoms with E-state index in [2.05, 4.69) is 53.1 Å². The molecular weight excluding hydrogens is 342 g/mol. The quantitative estimate of drug-likeness (QED) is 0.890. The first-order valence-electron chi connectivity index (χ1n) is 9.32. The van der Waals surface area contributed by atoms with E-state index < -0.39 is 0 Å². The van der Waals surface area contributed by atoms with Gasteiger partial charge in [-0.2, -0.15) is 4.98 Å². The number of benzene rings is 1. The van der Waals surface area contributed by atoms with Gasteiger partial charge in [0, 0.05) is 38.1 Å². The van der Waals surface area contributed by atoms with E-state index in [1.807, 2.05) is 13.0 Å². The second kappa shape index (κ2) is 8.24. The minimum Gasteiger partial charge on any atom is -0.450 e. The Balaban J connectivity index is 1.69. The van der Waals surface area contributed by atoms with Gasteiger partial charge in [0.25, 0.3) is 0 Å². The number of aromatic nitrogens is 2. The maximum absolute atomic E-state index is 11.8. The minimum atomic E-state index is -0.243. The summed E-state index contributed by atoms with van der Waals surface area (Å²) in [6.45, 7) is 11.2. The van der Waals surface area contributed by atoms with E-state index in [0.717, 1.165) is 24.6 Å². The van der Waals surface area contributed by atoms with Crippen LogP contribution in [-0.4, -0.2) is 53.7 Å². The lowest BCUT2D eigenvalue weighted by atomic mass is 10.1. The molecule has 1 N–H and O–H groups in total. The molecule has 7 nitrogen and oxygen atoms in total. The van der Waals surface area contributed by atoms with Crippen molar-refractivity contribution in [2.75, 3.05) is 43.0 Å². The summed E-state index contributed by atoms with van der Waals surface area (Å²) < 4.78 is 5.07. The summed E-state index contributed by atoms with van der Waals surface area (Å²) in [7, 11) is 0. The molecule has 1 aliphatic rings. The highest BCUT2D eigenvalue weighted by Crippen LogP contribution is 2.25. The lowest BCUT2D eigenvalue weighted by Gasteiger charge is -2.34. The molecule has 27 heavy (non-hydrogen) atoms. The highest BCUT2D eigenvalue weighted by molar-refractivity contribution is 5.68. The second-order valence-electron chi connectivity index (χ2n) is 6.81. The van der Waals surface area contributed by atoms with E-state index in [1.54, 1.807) is 11.1 Å². The number of hydrogen-bond acceptors (Lipinski definition) is 6. The predicted molar refractivity (Wildman–Crippen MR) is 107 cm³/mol. The van der Waals surface area contributed by atoms with Crippen LogP contribution in [-0.2, 0) is 4.74 Å². The Morgan fingerprint density at radius 1 is 1.15 bits per heavy atom. The number of rotatable bonds is 4. The number of hydrogen-bond donors (Lipinski definition) is 1. The normalized spacial score (nSPS) is 14.2. The topological polar surface area (TPSA) is 70.6 Å². The average molecular weight is 369 g/mol. The smallest absolute Gasteiger partial charge is 0.409 e. The molecular formula is C20H27N5O2. The van der Waals surface area contributed by atoms with Crippen molar-refractivity contribution in [3.05, 3.63) is 41.1 Å². The summed E-state index contributed by atoms with van der Waals surface area (Å²) in [6, 6.07) is 6.20. The van der Waals surface area contributed by atoms with Crippen LogP contribution < -0.4 is 10.2 Å². The van der Waals surface area contributed by atoms with Crippen LogP contribution in [0, 0.1) is 20.8 Å². The molecule has 3 rings (SSSR count). The van der Waals surface area contributed by atoms with E-state index in [0.29, 0.717) is 25.6 Å². The molecule has 7 heteroatoms. The van der Waals surface area contributed by atoms with Gasteiger partial charge in [0.2, 0.25) is 5.95 Å². The maximum atomic E-state index is 11.8. The van der Waals surface area contributed by atoms with Crippen molar-refractivity contribution in [3.63, 3.8) is 0 Å². The Hall–Kier alpha value is -2.83. The first kappa shape index (κ1) is 18.9. The molecule has 0 spiro atoms. The number of amides is 1. The molecule has 2 heterocycles. The van der Waals surface area contributed by atoms with Crippen molar-refractivity contribution in [2.24, 2.45) is 0 Å². The standard InChI is InChI=1S/C20H27N5O2/c1-5-27-20(26)25-10-8-24(9-11-25)17-6-7-21-19(22-17)23-18-15(3)12-14(2)13-16(18)4/h6-7,12-13H,5,8-11H2,1-4H3,(H,21,22,23). The van der Waals surface area contributed by atoms with Crippen LogP contribution in [0.25, 0.3) is 0 Å². The molecule has 144 valence electrons. The number of anilines is 3. The molecule has 1 aliphatic heterocycles. The predicted octanol–water partition coefficient (Wildman–Crippen LogP) is 3.42. The molecule has 1 fully saturated rings. The van der Waals surface area contributed by atoms with E-state index >= 15 is 0 Å². The Kier molecular flexibility index (Phi) is 5.78. The van der Waals surface area contributed by atoms with Gasteiger partial charge in [-0.3, -0.25) is 0 Å². The van der Waals surface area contributed by atoms with Crippen molar-refractivity contribution >= 4 is 23.5 Å². The van der Waals surface area contributed by atoms with E-state index in [9.17, 15) is 4.79 Å². The summed E-state index contributed by atoms with van der Waals surface area (Å²) in [4.78, 5) is 24.8. The highest BCUT2D eigenvalue weighted by Gasteiger charge is 2.23. The Morgan fingerprint density at radius 3 is 2.44 bits per heavy atom. The lowest BCUT2D eigenvalue weighted by molar-refractivity contribution is 0.105. The molecule has 0 aliphatic carbocycles. The largest absolute Gasteiger partial charge is 0.450 e. The van der Waals surface area contributed by atoms with Crippen molar-refractivity contribution in [1.82, 2.24) is 14.9 Å². The van der Waals surface area contributed by atoms with Crippen molar-refractivity contribution in [1.29, 1.82) is 0 Å². The Morgan fingerprint density at radius 2 is 1.81 bits per heavy atom. The van der Waals surface area contributed by atoms with Crippen molar-refractivity contribution < 1.29 is 9.53 Å². The first-order chi connectivity index (χ1) is 13.0. The van der Waals surface area contributed by atoms with E-state index in [-0.39, 0.29) is 6.09 Å². The molecule has 0 bridgehead atoms. The second-order valence-corrected chi connectivity index (χ2v) is 6.81. The van der Waals surface area contributed by atoms with Crippen LogP contribution in [0.2, 0.25) is 0 Å². The van der Waals surface area contributed by atoms with E-state index in [1.165, 1.54) is 16.7 Å². The summed E-state index contributed by atoms with van der Waals surface area (Å²) in [5.74, 6) is 1.44. The zero-order valence-electron chi connectivity index (χ0n) is 16.5. The first-order valence-corrected chi connectivity index (χ1v) is 9.32. The third-order valence-corrected chi connectivity index (χ3v) is 4.68. The highest BCUT2D eigenvalue weighted by atomic mass is 16.6. The van der Waals surface area contributed by atoms with Crippen molar-refractivity contribution in [2.45, 2.75) is 27.7 Å². The van der Waals surface area contributed by atoms with Gasteiger partial charge in [0.1, 0.15) is 5.82 Å². The monoisotopic (exact) mass is 369 g/mol. The number of aryl methyl sites for hydroxylation is 3. The number of nitrogens with one attached hydrogen (secondary N) is 1. The molecule has 0 atom stereocenters. The fourth-order valence-corrected chi connectivity index (χ4v) is 3.41. The van der Waals surface area contributed by atoms with Gasteiger partial charge in [0.15, 0.2) is 0 Å². The van der Waals surface area contributed by atoms with Gasteiger partial charge in [-0.1, -0.05) is 17.7 Å². The summed E-state index contributed by atoms with van der Waals surface area (Å²) in [5, 5.41) is 3.36. The Bertz CT molecular complexity index is 793. The molecule has 2 aromatic rings. The average Bonchev–Trinajstić information content (AvgIpc) is 2.65. The van der Waals surface area contributed by atoms with Crippen LogP contribution in [0.1, 0.15) is 23.6 Å². The number of piperazine rings is 1. The minimum absolute atomic E-state index is 0.243. The van der Waals surface area contributed by atoms with Crippen LogP contribution in [0.5, 0.6) is 0 Å². The molecule has 0 unspecified atom stereocenters. The van der Waals surface area contributed by atoms with Crippen molar-refractivity contribution in [3.8, 4) is 0 Å². The van der Waals surface area contributed by atoms with Crippen LogP contribution in [0.4, 0.5) is 22.2 Å². The molecule has 1 amide bonds. The number of ether oxygens (including phenoxy) is 1. The van der Waals surface area contributed by atoms with Gasteiger partial charge in [-0.15, -0.1) is 0 Å². The van der Waals surface area contributed by atoms with Crippen LogP contribution in [0.15, 0.2) is 24.4 Å². The van der Waals surface area contributed by atoms with Gasteiger partial charge < -0.3 is 19.9 Å². The van der Waals surface area contributed by atoms with Gasteiger partial charge >= 0.3 is 6.09 Å². The van der Waals surface area contributed by atoms with Gasteiger partial charge in [-0.25, -0.2) is 9.78 Å². The molecule has 1 aromatic carbocycles. The molecule has 0 saturated carbocycles.